The number of nitrogens with one attached hydrogen (secondary N) is 6. The van der Waals surface area contributed by atoms with Crippen molar-refractivity contribution in [1.29, 1.82) is 0 Å². The number of nitrogens with zero attached hydrogens (tertiary/aromatic N) is 4. The molecule has 0 radical (unpaired) electrons. The molecule has 0 saturated heterocycles. The van der Waals surface area contributed by atoms with Crippen molar-refractivity contribution in [2.45, 2.75) is 47.6 Å². The van der Waals surface area contributed by atoms with E-state index in [1.807, 2.05) is 38.4 Å². The molecule has 4 aromatic rings. The van der Waals surface area contributed by atoms with E-state index >= 15 is 0 Å². The molecule has 0 bridgehead atoms. The van der Waals surface area contributed by atoms with Crippen LogP contribution < -0.4 is 42.2 Å². The maximum atomic E-state index is 13.2. The van der Waals surface area contributed by atoms with Crippen LogP contribution in [0.3, 0.4) is 0 Å². The standard InChI is InChI=1S/C52H70Cl4N12O10S2/c1-67-31-43(41-27-37(53)29-47(55)45(41)33-67)35-7-5-9-39(25-35)79(71,72)63-15-19-77-23-21-75-17-13-61-51(65-49(57)69)59-11-3-4-12-60-52(66-50(58)70)62-14-18-76-22-24-78-20-16-64-80(73,74)40-10-6-8-36(26-40)44-32-68(2)34-46-42(44)28-38(54)30-48(46)56/h5-10,25-30,43-44,63-64H,3-4,11-24,31-34H2,1-2H3,(H4,57,59,61,65,69)(H4,58,60,62,66,70)/t43-,44+. The van der Waals surface area contributed by atoms with Gasteiger partial charge in [0.05, 0.1) is 62.6 Å². The number of hydrogen-bond donors (Lipinski definition) is 8. The van der Waals surface area contributed by atoms with Gasteiger partial charge in [0.2, 0.25) is 32.0 Å². The normalized spacial score (nSPS) is 16.2. The summed E-state index contributed by atoms with van der Waals surface area (Å²) in [6, 6.07) is 19.2. The number of urea groups is 2. The van der Waals surface area contributed by atoms with Gasteiger partial charge in [0.1, 0.15) is 0 Å². The minimum Gasteiger partial charge on any atom is -0.378 e. The molecule has 0 aliphatic carbocycles. The first-order valence-corrected chi connectivity index (χ1v) is 30.3. The molecule has 80 heavy (non-hydrogen) atoms. The highest BCUT2D eigenvalue weighted by atomic mass is 35.5. The molecule has 10 N–H and O–H groups in total. The van der Waals surface area contributed by atoms with Gasteiger partial charge < -0.3 is 61.5 Å². The van der Waals surface area contributed by atoms with Crippen LogP contribution in [0, 0.1) is 0 Å². The smallest absolute Gasteiger partial charge is 0.341 e. The maximum absolute atomic E-state index is 13.2. The average molecular weight is 1230 g/mol. The van der Waals surface area contributed by atoms with E-state index < -0.39 is 32.1 Å². The molecule has 0 aromatic heterocycles. The third-order valence-electron chi connectivity index (χ3n) is 12.7. The number of unbranched alkanes of at least 4 members (excludes halogenated alkanes) is 1. The van der Waals surface area contributed by atoms with Crippen molar-refractivity contribution in [3.8, 4) is 0 Å². The molecule has 4 aromatic carbocycles. The van der Waals surface area contributed by atoms with Gasteiger partial charge in [-0.15, -0.1) is 0 Å². The van der Waals surface area contributed by atoms with Crippen molar-refractivity contribution in [3.63, 3.8) is 0 Å². The molecule has 0 spiro atoms. The van der Waals surface area contributed by atoms with Gasteiger partial charge in [0, 0.05) is 97.4 Å². The molecule has 2 aliphatic heterocycles. The minimum absolute atomic E-state index is 0.0550. The van der Waals surface area contributed by atoms with Gasteiger partial charge in [-0.25, -0.2) is 35.9 Å². The number of hydrogen-bond acceptors (Lipinski definition) is 12. The van der Waals surface area contributed by atoms with Gasteiger partial charge in [-0.05, 0) is 109 Å². The number of carbonyl (C=O) groups excluding carboxylic acids is 2. The van der Waals surface area contributed by atoms with Crippen molar-refractivity contribution in [1.82, 2.24) is 40.5 Å². The second kappa shape index (κ2) is 32.1. The van der Waals surface area contributed by atoms with E-state index in [9.17, 15) is 26.4 Å². The number of likely N-dealkylation sites (N-methyl/N-ethyl adjacent to an activating group) is 2. The van der Waals surface area contributed by atoms with Crippen molar-refractivity contribution < 1.29 is 45.4 Å². The molecule has 4 amide bonds. The highest BCUT2D eigenvalue weighted by molar-refractivity contribution is 7.89. The van der Waals surface area contributed by atoms with Gasteiger partial charge in [-0.2, -0.15) is 9.98 Å². The van der Waals surface area contributed by atoms with E-state index in [1.54, 1.807) is 48.5 Å². The van der Waals surface area contributed by atoms with Gasteiger partial charge >= 0.3 is 12.1 Å². The van der Waals surface area contributed by atoms with Crippen LogP contribution in [0.5, 0.6) is 0 Å². The summed E-state index contributed by atoms with van der Waals surface area (Å²) in [6.07, 6.45) is 1.26. The van der Waals surface area contributed by atoms with Crippen molar-refractivity contribution in [2.24, 2.45) is 21.5 Å². The first kappa shape index (κ1) is 64.3. The number of fused-ring (bicyclic) bond motifs is 2. The number of sulfonamides is 2. The summed E-state index contributed by atoms with van der Waals surface area (Å²) in [4.78, 5) is 35.2. The van der Waals surface area contributed by atoms with E-state index in [1.165, 1.54) is 0 Å². The van der Waals surface area contributed by atoms with E-state index in [0.717, 1.165) is 33.4 Å². The highest BCUT2D eigenvalue weighted by Crippen LogP contribution is 2.40. The lowest BCUT2D eigenvalue weighted by atomic mass is 9.85. The van der Waals surface area contributed by atoms with Crippen LogP contribution in [0.1, 0.15) is 58.1 Å². The third-order valence-corrected chi connectivity index (χ3v) is 16.7. The molecule has 438 valence electrons. The average Bonchev–Trinajstić information content (AvgIpc) is 3.40. The number of benzene rings is 4. The fraction of sp³-hybridized carbons (Fsp3) is 0.462. The predicted molar refractivity (Wildman–Crippen MR) is 311 cm³/mol. The Morgan fingerprint density at radius 3 is 1.27 bits per heavy atom. The van der Waals surface area contributed by atoms with E-state index in [0.29, 0.717) is 85.3 Å². The minimum atomic E-state index is -3.83. The van der Waals surface area contributed by atoms with Crippen LogP contribution in [-0.4, -0.2) is 170 Å². The second-order valence-corrected chi connectivity index (χ2v) is 24.0. The number of guanidine groups is 2. The third kappa shape index (κ3) is 20.5. The molecule has 2 heterocycles. The number of amides is 4. The zero-order valence-electron chi connectivity index (χ0n) is 44.6. The Bertz CT molecular complexity index is 2820. The van der Waals surface area contributed by atoms with E-state index in [-0.39, 0.29) is 99.5 Å². The maximum Gasteiger partial charge on any atom is 0.341 e. The Balaban J connectivity index is 0.774. The number of primary amides is 2. The van der Waals surface area contributed by atoms with Crippen LogP contribution in [0.15, 0.2) is 92.6 Å². The van der Waals surface area contributed by atoms with E-state index in [2.05, 4.69) is 50.5 Å². The molecular formula is C52H70Cl4N12O10S2. The summed E-state index contributed by atoms with van der Waals surface area (Å²) < 4.78 is 80.4. The Kier molecular flexibility index (Phi) is 25.8. The lowest BCUT2D eigenvalue weighted by Gasteiger charge is -2.33. The summed E-state index contributed by atoms with van der Waals surface area (Å²) in [7, 11) is -3.66. The molecule has 6 rings (SSSR count). The molecule has 2 atom stereocenters. The lowest BCUT2D eigenvalue weighted by molar-refractivity contribution is 0.0520. The molecule has 0 saturated carbocycles. The van der Waals surface area contributed by atoms with Crippen LogP contribution in [0.4, 0.5) is 9.59 Å². The van der Waals surface area contributed by atoms with Crippen molar-refractivity contribution in [3.05, 3.63) is 126 Å². The fourth-order valence-corrected chi connectivity index (χ4v) is 12.3. The number of rotatable bonds is 29. The molecule has 0 unspecified atom stereocenters. The summed E-state index contributed by atoms with van der Waals surface area (Å²) >= 11 is 25.7. The monoisotopic (exact) mass is 1230 g/mol. The SMILES string of the molecule is CN1Cc2c(Cl)cc(Cl)cc2[C@@H](c2cccc(S(=O)(=O)NCCOCCOCCN/C(=N\C(N)=O)NCCCCN/C(=N/C(N)=O)NCCOCCOCCNS(=O)(=O)c3cccc([C@@H]4CN(C)Cc5c(Cl)cc(Cl)cc54)c3)c2)C1. The molecule has 2 aliphatic rings. The number of halogens is 4. The van der Waals surface area contributed by atoms with Crippen molar-refractivity contribution in [2.75, 3.05) is 119 Å². The molecule has 28 heteroatoms. The van der Waals surface area contributed by atoms with Gasteiger partial charge in [0.25, 0.3) is 0 Å². The summed E-state index contributed by atoms with van der Waals surface area (Å²) in [5, 5.41) is 14.2. The van der Waals surface area contributed by atoms with Gasteiger partial charge in [0.15, 0.2) is 0 Å². The number of ether oxygens (including phenoxy) is 4. The zero-order chi connectivity index (χ0) is 57.7. The van der Waals surface area contributed by atoms with Crippen molar-refractivity contribution >= 4 is 90.4 Å². The fourth-order valence-electron chi connectivity index (χ4n) is 9.02. The van der Waals surface area contributed by atoms with Crippen LogP contribution in [-0.2, 0) is 52.1 Å². The van der Waals surface area contributed by atoms with Crippen LogP contribution in [0.2, 0.25) is 20.1 Å². The summed E-state index contributed by atoms with van der Waals surface area (Å²) in [5.74, 6) is 0.122. The number of carbonyl (C=O) groups is 2. The topological polar surface area (TPSA) is 295 Å². The highest BCUT2D eigenvalue weighted by Gasteiger charge is 2.30. The van der Waals surface area contributed by atoms with Gasteiger partial charge in [-0.3, -0.25) is 0 Å². The number of nitrogens with two attached hydrogens (primary N) is 2. The molecular weight excluding hydrogens is 1160 g/mol. The Hall–Kier alpha value is -4.90. The summed E-state index contributed by atoms with van der Waals surface area (Å²) in [5.41, 5.74) is 16.2. The van der Waals surface area contributed by atoms with Crippen LogP contribution in [0.25, 0.3) is 0 Å². The molecule has 22 nitrogen and oxygen atoms in total. The largest absolute Gasteiger partial charge is 0.378 e. The predicted octanol–water partition coefficient (Wildman–Crippen LogP) is 4.79. The zero-order valence-corrected chi connectivity index (χ0v) is 49.2. The van der Waals surface area contributed by atoms with Gasteiger partial charge in [-0.1, -0.05) is 70.7 Å². The Morgan fingerprint density at radius 2 is 0.900 bits per heavy atom. The first-order valence-electron chi connectivity index (χ1n) is 25.8. The molecule has 0 fully saturated rings. The lowest BCUT2D eigenvalue weighted by Crippen LogP contribution is -2.41. The summed E-state index contributed by atoms with van der Waals surface area (Å²) in [6.45, 7) is 5.89. The Morgan fingerprint density at radius 1 is 0.537 bits per heavy atom. The quantitative estimate of drug-likeness (QED) is 0.0206. The van der Waals surface area contributed by atoms with Crippen LogP contribution >= 0.6 is 46.4 Å². The second-order valence-electron chi connectivity index (χ2n) is 18.8. The first-order chi connectivity index (χ1) is 38.3. The number of aliphatic imine (C=N–C) groups is 2. The Labute approximate surface area is 488 Å². The van der Waals surface area contributed by atoms with E-state index in [4.69, 9.17) is 76.8 Å².